The van der Waals surface area contributed by atoms with Gasteiger partial charge in [0.25, 0.3) is 0 Å². The molecule has 3 heterocycles. The summed E-state index contributed by atoms with van der Waals surface area (Å²) in [6, 6.07) is 0. The standard InChI is InChI=1S/C11H17N7S/c1-7(2)8-9(19-17-14-8)10-13-11(16-15-10)18-5-3-12-4-6-18/h7,12H,3-6H2,1-2H3,(H,13,15,16). The predicted octanol–water partition coefficient (Wildman–Crippen LogP) is 0.856. The molecule has 0 spiro atoms. The summed E-state index contributed by atoms with van der Waals surface area (Å²) in [5.74, 6) is 1.87. The highest BCUT2D eigenvalue weighted by Gasteiger charge is 2.20. The highest BCUT2D eigenvalue weighted by atomic mass is 32.1. The van der Waals surface area contributed by atoms with Crippen LogP contribution in [0.3, 0.4) is 0 Å². The zero-order valence-corrected chi connectivity index (χ0v) is 11.9. The lowest BCUT2D eigenvalue weighted by Gasteiger charge is -2.25. The molecule has 2 N–H and O–H groups in total. The first-order valence-corrected chi connectivity index (χ1v) is 7.23. The van der Waals surface area contributed by atoms with E-state index in [0.29, 0.717) is 5.92 Å². The third kappa shape index (κ3) is 2.45. The van der Waals surface area contributed by atoms with E-state index >= 15 is 0 Å². The molecule has 19 heavy (non-hydrogen) atoms. The van der Waals surface area contributed by atoms with Crippen LogP contribution in [0.25, 0.3) is 10.7 Å². The fraction of sp³-hybridized carbons (Fsp3) is 0.636. The molecule has 1 fully saturated rings. The van der Waals surface area contributed by atoms with Gasteiger partial charge in [-0.1, -0.05) is 18.3 Å². The second-order valence-corrected chi connectivity index (χ2v) is 5.62. The van der Waals surface area contributed by atoms with E-state index in [9.17, 15) is 0 Å². The number of anilines is 1. The molecule has 8 heteroatoms. The average Bonchev–Trinajstić information content (AvgIpc) is 3.08. The van der Waals surface area contributed by atoms with Gasteiger partial charge in [-0.25, -0.2) is 0 Å². The van der Waals surface area contributed by atoms with E-state index in [1.54, 1.807) is 0 Å². The minimum Gasteiger partial charge on any atom is -0.337 e. The van der Waals surface area contributed by atoms with Gasteiger partial charge in [-0.3, -0.25) is 5.10 Å². The molecule has 0 saturated carbocycles. The third-order valence-corrected chi connectivity index (χ3v) is 3.90. The lowest BCUT2D eigenvalue weighted by atomic mass is 10.1. The largest absolute Gasteiger partial charge is 0.337 e. The summed E-state index contributed by atoms with van der Waals surface area (Å²) >= 11 is 1.37. The molecule has 102 valence electrons. The molecule has 1 aliphatic heterocycles. The lowest BCUT2D eigenvalue weighted by molar-refractivity contribution is 0.580. The summed E-state index contributed by atoms with van der Waals surface area (Å²) in [6.07, 6.45) is 0. The Kier molecular flexibility index (Phi) is 3.43. The van der Waals surface area contributed by atoms with Crippen molar-refractivity contribution in [2.24, 2.45) is 0 Å². The molecule has 1 saturated heterocycles. The summed E-state index contributed by atoms with van der Waals surface area (Å²) in [5.41, 5.74) is 0.980. The van der Waals surface area contributed by atoms with Crippen molar-refractivity contribution in [3.05, 3.63) is 5.69 Å². The van der Waals surface area contributed by atoms with Crippen LogP contribution < -0.4 is 10.2 Å². The Bertz CT molecular complexity index is 541. The van der Waals surface area contributed by atoms with Crippen LogP contribution in [-0.4, -0.2) is 50.9 Å². The Morgan fingerprint density at radius 3 is 2.79 bits per heavy atom. The Morgan fingerprint density at radius 2 is 2.05 bits per heavy atom. The summed E-state index contributed by atoms with van der Waals surface area (Å²) < 4.78 is 4.02. The Hall–Kier alpha value is -1.54. The van der Waals surface area contributed by atoms with Gasteiger partial charge in [0.1, 0.15) is 4.88 Å². The number of aromatic amines is 1. The zero-order valence-electron chi connectivity index (χ0n) is 11.1. The van der Waals surface area contributed by atoms with Crippen LogP contribution in [0.1, 0.15) is 25.5 Å². The predicted molar refractivity (Wildman–Crippen MR) is 74.5 cm³/mol. The number of hydrogen-bond donors (Lipinski definition) is 2. The highest BCUT2D eigenvalue weighted by molar-refractivity contribution is 7.09. The summed E-state index contributed by atoms with van der Waals surface area (Å²) in [6.45, 7) is 8.04. The molecule has 0 aromatic carbocycles. The van der Waals surface area contributed by atoms with Crippen LogP contribution >= 0.6 is 11.5 Å². The Labute approximate surface area is 115 Å². The monoisotopic (exact) mass is 279 g/mol. The molecular formula is C11H17N7S. The normalized spacial score (nSPS) is 16.3. The quantitative estimate of drug-likeness (QED) is 0.867. The summed E-state index contributed by atoms with van der Waals surface area (Å²) in [7, 11) is 0. The minimum absolute atomic E-state index is 0.335. The maximum Gasteiger partial charge on any atom is 0.245 e. The fourth-order valence-electron chi connectivity index (χ4n) is 2.10. The van der Waals surface area contributed by atoms with Crippen molar-refractivity contribution in [1.29, 1.82) is 0 Å². The molecule has 2 aromatic rings. The van der Waals surface area contributed by atoms with Crippen molar-refractivity contribution in [3.8, 4) is 10.7 Å². The summed E-state index contributed by atoms with van der Waals surface area (Å²) in [5, 5.41) is 14.8. The van der Waals surface area contributed by atoms with Gasteiger partial charge in [-0.05, 0) is 17.5 Å². The Balaban J connectivity index is 1.86. The van der Waals surface area contributed by atoms with Crippen LogP contribution in [0.4, 0.5) is 5.95 Å². The number of aromatic nitrogens is 5. The van der Waals surface area contributed by atoms with Gasteiger partial charge in [-0.2, -0.15) is 4.98 Å². The first-order chi connectivity index (χ1) is 9.25. The van der Waals surface area contributed by atoms with E-state index in [4.69, 9.17) is 0 Å². The molecule has 0 bridgehead atoms. The minimum atomic E-state index is 0.335. The van der Waals surface area contributed by atoms with Gasteiger partial charge < -0.3 is 10.2 Å². The molecule has 0 amide bonds. The molecular weight excluding hydrogens is 262 g/mol. The maximum atomic E-state index is 4.58. The van der Waals surface area contributed by atoms with Crippen molar-refractivity contribution in [2.45, 2.75) is 19.8 Å². The van der Waals surface area contributed by atoms with E-state index < -0.39 is 0 Å². The van der Waals surface area contributed by atoms with E-state index in [1.165, 1.54) is 11.5 Å². The van der Waals surface area contributed by atoms with Gasteiger partial charge in [0.2, 0.25) is 5.95 Å². The number of rotatable bonds is 3. The van der Waals surface area contributed by atoms with Crippen molar-refractivity contribution in [3.63, 3.8) is 0 Å². The Morgan fingerprint density at radius 1 is 1.26 bits per heavy atom. The SMILES string of the molecule is CC(C)c1nnsc1-c1nc(N2CCNCC2)n[nH]1. The van der Waals surface area contributed by atoms with Crippen molar-refractivity contribution >= 4 is 17.5 Å². The topological polar surface area (TPSA) is 82.6 Å². The molecule has 2 aromatic heterocycles. The molecule has 0 radical (unpaired) electrons. The van der Waals surface area contributed by atoms with Crippen LogP contribution in [0.15, 0.2) is 0 Å². The number of H-pyrrole nitrogens is 1. The van der Waals surface area contributed by atoms with Crippen LogP contribution in [0.2, 0.25) is 0 Å². The van der Waals surface area contributed by atoms with E-state index in [2.05, 4.69) is 48.8 Å². The molecule has 0 atom stereocenters. The van der Waals surface area contributed by atoms with Gasteiger partial charge in [0, 0.05) is 26.2 Å². The number of nitrogens with zero attached hydrogens (tertiary/aromatic N) is 5. The molecule has 3 rings (SSSR count). The van der Waals surface area contributed by atoms with Crippen molar-refractivity contribution < 1.29 is 0 Å². The summed E-state index contributed by atoms with van der Waals surface area (Å²) in [4.78, 5) is 7.75. The molecule has 0 unspecified atom stereocenters. The second-order valence-electron chi connectivity index (χ2n) is 4.86. The first kappa shape index (κ1) is 12.5. The average molecular weight is 279 g/mol. The molecule has 0 aliphatic carbocycles. The third-order valence-electron chi connectivity index (χ3n) is 3.15. The van der Waals surface area contributed by atoms with E-state index in [-0.39, 0.29) is 0 Å². The maximum absolute atomic E-state index is 4.58. The lowest BCUT2D eigenvalue weighted by Crippen LogP contribution is -2.44. The van der Waals surface area contributed by atoms with Gasteiger partial charge in [0.05, 0.1) is 5.69 Å². The van der Waals surface area contributed by atoms with Gasteiger partial charge in [-0.15, -0.1) is 10.2 Å². The van der Waals surface area contributed by atoms with E-state index in [0.717, 1.165) is 48.5 Å². The van der Waals surface area contributed by atoms with Crippen LogP contribution in [0, 0.1) is 0 Å². The second kappa shape index (κ2) is 5.22. The van der Waals surface area contributed by atoms with Gasteiger partial charge in [0.15, 0.2) is 5.82 Å². The van der Waals surface area contributed by atoms with Crippen molar-refractivity contribution in [1.82, 2.24) is 30.1 Å². The zero-order chi connectivity index (χ0) is 13.2. The van der Waals surface area contributed by atoms with Crippen LogP contribution in [-0.2, 0) is 0 Å². The molecule has 1 aliphatic rings. The smallest absolute Gasteiger partial charge is 0.245 e. The number of hydrogen-bond acceptors (Lipinski definition) is 7. The van der Waals surface area contributed by atoms with Crippen molar-refractivity contribution in [2.75, 3.05) is 31.1 Å². The molecule has 7 nitrogen and oxygen atoms in total. The fourth-order valence-corrected chi connectivity index (χ4v) is 2.86. The number of piperazine rings is 1. The highest BCUT2D eigenvalue weighted by Crippen LogP contribution is 2.28. The van der Waals surface area contributed by atoms with Crippen LogP contribution in [0.5, 0.6) is 0 Å². The van der Waals surface area contributed by atoms with E-state index in [1.807, 2.05) is 0 Å². The first-order valence-electron chi connectivity index (χ1n) is 6.46. The van der Waals surface area contributed by atoms with Gasteiger partial charge >= 0.3 is 0 Å². The number of nitrogens with one attached hydrogen (secondary N) is 2.